The van der Waals surface area contributed by atoms with Crippen LogP contribution in [0.4, 0.5) is 13.2 Å². The summed E-state index contributed by atoms with van der Waals surface area (Å²) in [5, 5.41) is 8.18. The Bertz CT molecular complexity index is 778. The highest BCUT2D eigenvalue weighted by Gasteiger charge is 2.33. The van der Waals surface area contributed by atoms with Crippen LogP contribution >= 0.6 is 46.9 Å². The predicted molar refractivity (Wildman–Crippen MR) is 115 cm³/mol. The zero-order chi connectivity index (χ0) is 19.4. The average molecular weight is 533 g/mol. The fourth-order valence-corrected chi connectivity index (χ4v) is 3.15. The van der Waals surface area contributed by atoms with Gasteiger partial charge in [-0.15, -0.1) is 35.3 Å². The van der Waals surface area contributed by atoms with Gasteiger partial charge in [0.15, 0.2) is 11.7 Å². The first-order valence-corrected chi connectivity index (χ1v) is 9.10. The first-order valence-electron chi connectivity index (χ1n) is 7.84. The maximum atomic E-state index is 12.6. The fraction of sp³-hybridized carbons (Fsp3) is 0.412. The summed E-state index contributed by atoms with van der Waals surface area (Å²) >= 11 is 7.01. The standard InChI is InChI=1S/C17H20ClF3N4S.HI/c1-16(2,11-5-4-6-12(18)7-11)10-24-15(22-3)23-8-14-25-13(9-26-14)17(19,20)21;/h4-7,9H,8,10H2,1-3H3,(H2,22,23,24);1H. The second-order valence-corrected chi connectivity index (χ2v) is 7.68. The van der Waals surface area contributed by atoms with E-state index in [0.717, 1.165) is 22.3 Å². The van der Waals surface area contributed by atoms with E-state index < -0.39 is 11.9 Å². The molecule has 2 aromatic rings. The number of halogens is 5. The van der Waals surface area contributed by atoms with Crippen LogP contribution in [-0.2, 0) is 18.1 Å². The van der Waals surface area contributed by atoms with Gasteiger partial charge in [-0.2, -0.15) is 13.2 Å². The molecule has 0 aliphatic carbocycles. The van der Waals surface area contributed by atoms with Crippen molar-refractivity contribution in [3.8, 4) is 0 Å². The molecule has 0 radical (unpaired) electrons. The summed E-state index contributed by atoms with van der Waals surface area (Å²) in [7, 11) is 1.60. The van der Waals surface area contributed by atoms with Crippen molar-refractivity contribution in [3.63, 3.8) is 0 Å². The molecule has 0 amide bonds. The lowest BCUT2D eigenvalue weighted by atomic mass is 9.84. The molecular formula is C17H21ClF3IN4S. The van der Waals surface area contributed by atoms with E-state index in [1.165, 1.54) is 0 Å². The van der Waals surface area contributed by atoms with Gasteiger partial charge in [0.05, 0.1) is 6.54 Å². The second-order valence-electron chi connectivity index (χ2n) is 6.30. The van der Waals surface area contributed by atoms with Crippen molar-refractivity contribution in [2.24, 2.45) is 4.99 Å². The van der Waals surface area contributed by atoms with Crippen LogP contribution in [0, 0.1) is 0 Å². The molecule has 150 valence electrons. The highest BCUT2D eigenvalue weighted by Crippen LogP contribution is 2.30. The van der Waals surface area contributed by atoms with Gasteiger partial charge >= 0.3 is 6.18 Å². The molecular weight excluding hydrogens is 512 g/mol. The third-order valence-corrected chi connectivity index (χ3v) is 4.86. The van der Waals surface area contributed by atoms with Crippen LogP contribution in [0.15, 0.2) is 34.6 Å². The summed E-state index contributed by atoms with van der Waals surface area (Å²) in [6.07, 6.45) is -4.42. The average Bonchev–Trinajstić information content (AvgIpc) is 3.04. The van der Waals surface area contributed by atoms with Crippen molar-refractivity contribution in [1.82, 2.24) is 15.6 Å². The minimum atomic E-state index is -4.42. The maximum Gasteiger partial charge on any atom is 0.434 e. The van der Waals surface area contributed by atoms with Gasteiger partial charge in [-0.1, -0.05) is 37.6 Å². The zero-order valence-corrected chi connectivity index (χ0v) is 18.9. The number of hydrogen-bond donors (Lipinski definition) is 2. The summed E-state index contributed by atoms with van der Waals surface area (Å²) in [6, 6.07) is 7.62. The van der Waals surface area contributed by atoms with E-state index in [4.69, 9.17) is 11.6 Å². The molecule has 0 fully saturated rings. The number of alkyl halides is 3. The first-order chi connectivity index (χ1) is 12.1. The molecule has 4 nitrogen and oxygen atoms in total. The predicted octanol–water partition coefficient (Wildman–Crippen LogP) is 5.08. The molecule has 2 rings (SSSR count). The van der Waals surface area contributed by atoms with E-state index in [9.17, 15) is 13.2 Å². The molecule has 1 heterocycles. The Kier molecular flexibility index (Phi) is 8.81. The summed E-state index contributed by atoms with van der Waals surface area (Å²) in [5.41, 5.74) is -0.0142. The molecule has 0 saturated carbocycles. The van der Waals surface area contributed by atoms with Crippen molar-refractivity contribution in [2.75, 3.05) is 13.6 Å². The summed E-state index contributed by atoms with van der Waals surface area (Å²) in [5.74, 6) is 0.490. The number of aromatic nitrogens is 1. The molecule has 0 atom stereocenters. The Morgan fingerprint density at radius 1 is 1.26 bits per heavy atom. The number of nitrogens with zero attached hydrogens (tertiary/aromatic N) is 2. The number of thiazole rings is 1. The Labute approximate surface area is 182 Å². The van der Waals surface area contributed by atoms with E-state index in [1.807, 2.05) is 24.3 Å². The minimum Gasteiger partial charge on any atom is -0.356 e. The molecule has 0 unspecified atom stereocenters. The Morgan fingerprint density at radius 3 is 2.52 bits per heavy atom. The monoisotopic (exact) mass is 532 g/mol. The third-order valence-electron chi connectivity index (χ3n) is 3.78. The molecule has 10 heteroatoms. The number of hydrogen-bond acceptors (Lipinski definition) is 3. The van der Waals surface area contributed by atoms with Crippen molar-refractivity contribution in [1.29, 1.82) is 0 Å². The SMILES string of the molecule is CN=C(NCc1nc(C(F)(F)F)cs1)NCC(C)(C)c1cccc(Cl)c1.I. The second kappa shape index (κ2) is 9.92. The van der Waals surface area contributed by atoms with Gasteiger partial charge in [0.25, 0.3) is 0 Å². The van der Waals surface area contributed by atoms with Crippen molar-refractivity contribution in [3.05, 3.63) is 50.9 Å². The lowest BCUT2D eigenvalue weighted by Crippen LogP contribution is -2.43. The van der Waals surface area contributed by atoms with E-state index in [2.05, 4.69) is 34.5 Å². The molecule has 27 heavy (non-hydrogen) atoms. The smallest absolute Gasteiger partial charge is 0.356 e. The zero-order valence-electron chi connectivity index (χ0n) is 15.0. The maximum absolute atomic E-state index is 12.6. The molecule has 1 aromatic heterocycles. The van der Waals surface area contributed by atoms with E-state index >= 15 is 0 Å². The van der Waals surface area contributed by atoms with Gasteiger partial charge in [0, 0.05) is 29.4 Å². The molecule has 0 spiro atoms. The number of nitrogens with one attached hydrogen (secondary N) is 2. The van der Waals surface area contributed by atoms with Crippen molar-refractivity contribution < 1.29 is 13.2 Å². The molecule has 1 aromatic carbocycles. The van der Waals surface area contributed by atoms with Crippen LogP contribution in [0.1, 0.15) is 30.1 Å². The van der Waals surface area contributed by atoms with Crippen LogP contribution in [-0.4, -0.2) is 24.5 Å². The van der Waals surface area contributed by atoms with Crippen molar-refractivity contribution >= 4 is 52.9 Å². The van der Waals surface area contributed by atoms with E-state index in [1.54, 1.807) is 7.05 Å². The molecule has 0 saturated heterocycles. The summed E-state index contributed by atoms with van der Waals surface area (Å²) in [4.78, 5) is 7.68. The quantitative estimate of drug-likeness (QED) is 0.321. The summed E-state index contributed by atoms with van der Waals surface area (Å²) in [6.45, 7) is 4.86. The number of aliphatic imine (C=N–C) groups is 1. The Hall–Kier alpha value is -1.07. The fourth-order valence-electron chi connectivity index (χ4n) is 2.22. The number of guanidine groups is 1. The number of rotatable bonds is 5. The van der Waals surface area contributed by atoms with Crippen molar-refractivity contribution in [2.45, 2.75) is 32.0 Å². The van der Waals surface area contributed by atoms with Gasteiger partial charge in [-0.05, 0) is 17.7 Å². The Morgan fingerprint density at radius 2 is 1.96 bits per heavy atom. The topological polar surface area (TPSA) is 49.3 Å². The molecule has 0 aliphatic rings. The van der Waals surface area contributed by atoms with Crippen LogP contribution in [0.2, 0.25) is 5.02 Å². The van der Waals surface area contributed by atoms with Crippen LogP contribution in [0.25, 0.3) is 0 Å². The molecule has 2 N–H and O–H groups in total. The van der Waals surface area contributed by atoms with Gasteiger partial charge in [0.1, 0.15) is 5.01 Å². The van der Waals surface area contributed by atoms with Gasteiger partial charge in [-0.25, -0.2) is 4.98 Å². The van der Waals surface area contributed by atoms with E-state index in [-0.39, 0.29) is 35.9 Å². The number of benzene rings is 1. The lowest BCUT2D eigenvalue weighted by molar-refractivity contribution is -0.140. The van der Waals surface area contributed by atoms with Gasteiger partial charge in [-0.3, -0.25) is 4.99 Å². The highest BCUT2D eigenvalue weighted by atomic mass is 127. The highest BCUT2D eigenvalue weighted by molar-refractivity contribution is 14.0. The van der Waals surface area contributed by atoms with Gasteiger partial charge < -0.3 is 10.6 Å². The summed E-state index contributed by atoms with van der Waals surface area (Å²) < 4.78 is 37.8. The van der Waals surface area contributed by atoms with Gasteiger partial charge in [0.2, 0.25) is 0 Å². The normalized spacial score (nSPS) is 12.5. The van der Waals surface area contributed by atoms with Crippen LogP contribution in [0.5, 0.6) is 0 Å². The lowest BCUT2D eigenvalue weighted by Gasteiger charge is -2.27. The third kappa shape index (κ3) is 7.11. The molecule has 0 bridgehead atoms. The molecule has 0 aliphatic heterocycles. The Balaban J connectivity index is 0.00000364. The minimum absolute atomic E-state index is 0. The largest absolute Gasteiger partial charge is 0.434 e. The first kappa shape index (κ1) is 24.0. The van der Waals surface area contributed by atoms with Crippen LogP contribution in [0.3, 0.4) is 0 Å². The van der Waals surface area contributed by atoms with Crippen LogP contribution < -0.4 is 10.6 Å². The van der Waals surface area contributed by atoms with E-state index in [0.29, 0.717) is 22.5 Å².